The van der Waals surface area contributed by atoms with Crippen LogP contribution in [0.2, 0.25) is 5.02 Å². The van der Waals surface area contributed by atoms with Crippen molar-refractivity contribution in [1.29, 1.82) is 0 Å². The van der Waals surface area contributed by atoms with E-state index in [1.54, 1.807) is 30.3 Å². The van der Waals surface area contributed by atoms with Gasteiger partial charge in [-0.05, 0) is 31.0 Å². The Hall–Kier alpha value is -2.86. The fourth-order valence-electron chi connectivity index (χ4n) is 2.69. The van der Waals surface area contributed by atoms with Gasteiger partial charge in [0.15, 0.2) is 12.4 Å². The topological polar surface area (TPSA) is 81.7 Å². The number of rotatable bonds is 9. The molecule has 0 aromatic heterocycles. The molecule has 0 aliphatic rings. The zero-order valence-electron chi connectivity index (χ0n) is 16.6. The van der Waals surface area contributed by atoms with Crippen molar-refractivity contribution in [1.82, 2.24) is 5.32 Å². The van der Waals surface area contributed by atoms with Crippen molar-refractivity contribution in [2.24, 2.45) is 5.92 Å². The number of carbonyl (C=O) groups excluding carboxylic acids is 3. The van der Waals surface area contributed by atoms with Gasteiger partial charge in [0.25, 0.3) is 5.91 Å². The van der Waals surface area contributed by atoms with E-state index in [9.17, 15) is 14.4 Å². The maximum absolute atomic E-state index is 12.4. The molecule has 0 fully saturated rings. The SMILES string of the molecule is CC(=O)[C@@H](NC(=O)COC(=O)c1ccccc1OCc1ccccc1Cl)C(C)C. The summed E-state index contributed by atoms with van der Waals surface area (Å²) < 4.78 is 10.8. The second kappa shape index (κ2) is 10.6. The second-order valence-electron chi connectivity index (χ2n) is 6.85. The van der Waals surface area contributed by atoms with Crippen molar-refractivity contribution in [2.75, 3.05) is 6.61 Å². The van der Waals surface area contributed by atoms with Crippen LogP contribution in [0.3, 0.4) is 0 Å². The maximum atomic E-state index is 12.4. The Morgan fingerprint density at radius 3 is 2.34 bits per heavy atom. The minimum Gasteiger partial charge on any atom is -0.488 e. The number of nitrogens with one attached hydrogen (secondary N) is 1. The lowest BCUT2D eigenvalue weighted by atomic mass is 10.0. The molecule has 29 heavy (non-hydrogen) atoms. The predicted octanol–water partition coefficient (Wildman–Crippen LogP) is 3.81. The third-order valence-corrected chi connectivity index (χ3v) is 4.57. The number of para-hydroxylation sites is 1. The third-order valence-electron chi connectivity index (χ3n) is 4.20. The van der Waals surface area contributed by atoms with E-state index >= 15 is 0 Å². The minimum absolute atomic E-state index is 0.0638. The van der Waals surface area contributed by atoms with Crippen LogP contribution in [0.5, 0.6) is 5.75 Å². The summed E-state index contributed by atoms with van der Waals surface area (Å²) in [7, 11) is 0. The average molecular weight is 418 g/mol. The number of Topliss-reactive ketones (excluding diaryl/α,β-unsaturated/α-hetero) is 1. The van der Waals surface area contributed by atoms with E-state index in [0.717, 1.165) is 5.56 Å². The number of ketones is 1. The molecule has 0 unspecified atom stereocenters. The lowest BCUT2D eigenvalue weighted by molar-refractivity contribution is -0.129. The number of carbonyl (C=O) groups is 3. The highest BCUT2D eigenvalue weighted by Crippen LogP contribution is 2.22. The van der Waals surface area contributed by atoms with Crippen molar-refractivity contribution in [2.45, 2.75) is 33.4 Å². The molecule has 1 N–H and O–H groups in total. The maximum Gasteiger partial charge on any atom is 0.342 e. The fraction of sp³-hybridized carbons (Fsp3) is 0.318. The van der Waals surface area contributed by atoms with Gasteiger partial charge < -0.3 is 14.8 Å². The molecule has 0 aliphatic heterocycles. The number of hydrogen-bond acceptors (Lipinski definition) is 5. The molecule has 2 aromatic rings. The summed E-state index contributed by atoms with van der Waals surface area (Å²) >= 11 is 6.12. The van der Waals surface area contributed by atoms with E-state index in [2.05, 4.69) is 5.32 Å². The van der Waals surface area contributed by atoms with Crippen molar-refractivity contribution >= 4 is 29.3 Å². The van der Waals surface area contributed by atoms with E-state index in [1.165, 1.54) is 6.92 Å². The molecule has 6 nitrogen and oxygen atoms in total. The molecule has 0 saturated carbocycles. The van der Waals surface area contributed by atoms with Gasteiger partial charge in [0.1, 0.15) is 17.9 Å². The number of benzene rings is 2. The van der Waals surface area contributed by atoms with Gasteiger partial charge in [-0.3, -0.25) is 9.59 Å². The highest BCUT2D eigenvalue weighted by Gasteiger charge is 2.22. The van der Waals surface area contributed by atoms with Crippen molar-refractivity contribution < 1.29 is 23.9 Å². The average Bonchev–Trinajstić information content (AvgIpc) is 2.69. The van der Waals surface area contributed by atoms with Crippen LogP contribution < -0.4 is 10.1 Å². The summed E-state index contributed by atoms with van der Waals surface area (Å²) in [5.41, 5.74) is 0.972. The van der Waals surface area contributed by atoms with Crippen LogP contribution in [0.25, 0.3) is 0 Å². The smallest absolute Gasteiger partial charge is 0.342 e. The second-order valence-corrected chi connectivity index (χ2v) is 7.26. The van der Waals surface area contributed by atoms with Gasteiger partial charge in [-0.25, -0.2) is 4.79 Å². The van der Waals surface area contributed by atoms with Crippen LogP contribution in [0.15, 0.2) is 48.5 Å². The van der Waals surface area contributed by atoms with Gasteiger partial charge in [-0.2, -0.15) is 0 Å². The van der Waals surface area contributed by atoms with E-state index in [4.69, 9.17) is 21.1 Å². The van der Waals surface area contributed by atoms with Gasteiger partial charge in [0.05, 0.1) is 6.04 Å². The summed E-state index contributed by atoms with van der Waals surface area (Å²) in [6, 6.07) is 13.2. The molecule has 0 saturated heterocycles. The fourth-order valence-corrected chi connectivity index (χ4v) is 2.88. The molecule has 1 atom stereocenters. The zero-order chi connectivity index (χ0) is 21.4. The van der Waals surface area contributed by atoms with Crippen molar-refractivity contribution in [3.63, 3.8) is 0 Å². The Bertz CT molecular complexity index is 881. The van der Waals surface area contributed by atoms with Gasteiger partial charge in [0, 0.05) is 10.6 Å². The summed E-state index contributed by atoms with van der Waals surface area (Å²) in [6.45, 7) is 4.74. The Balaban J connectivity index is 1.98. The third kappa shape index (κ3) is 6.61. The molecule has 1 amide bonds. The van der Waals surface area contributed by atoms with E-state index in [-0.39, 0.29) is 23.9 Å². The van der Waals surface area contributed by atoms with Crippen LogP contribution >= 0.6 is 11.6 Å². The van der Waals surface area contributed by atoms with Crippen LogP contribution in [0.4, 0.5) is 0 Å². The molecule has 154 valence electrons. The lowest BCUT2D eigenvalue weighted by Gasteiger charge is -2.19. The standard InChI is InChI=1S/C22H24ClNO5/c1-14(2)21(15(3)25)24-20(26)13-29-22(27)17-9-5-7-11-19(17)28-12-16-8-4-6-10-18(16)23/h4-11,14,21H,12-13H2,1-3H3,(H,24,26)/t21-/m0/s1. The number of ether oxygens (including phenoxy) is 2. The molecular formula is C22H24ClNO5. The highest BCUT2D eigenvalue weighted by molar-refractivity contribution is 6.31. The molecule has 2 rings (SSSR count). The van der Waals surface area contributed by atoms with Crippen molar-refractivity contribution in [3.8, 4) is 5.75 Å². The normalized spacial score (nSPS) is 11.6. The van der Waals surface area contributed by atoms with Crippen LogP contribution in [-0.2, 0) is 20.9 Å². The Kier molecular flexibility index (Phi) is 8.21. The number of esters is 1. The molecule has 7 heteroatoms. The quantitative estimate of drug-likeness (QED) is 0.627. The molecule has 0 radical (unpaired) electrons. The van der Waals surface area contributed by atoms with E-state index < -0.39 is 24.5 Å². The first-order valence-electron chi connectivity index (χ1n) is 9.21. The molecule has 0 spiro atoms. The molecule has 0 heterocycles. The molecule has 0 bridgehead atoms. The number of hydrogen-bond donors (Lipinski definition) is 1. The highest BCUT2D eigenvalue weighted by atomic mass is 35.5. The summed E-state index contributed by atoms with van der Waals surface area (Å²) in [4.78, 5) is 36.1. The minimum atomic E-state index is -0.696. The van der Waals surface area contributed by atoms with Crippen molar-refractivity contribution in [3.05, 3.63) is 64.7 Å². The Morgan fingerprint density at radius 2 is 1.69 bits per heavy atom. The molecule has 0 aliphatic carbocycles. The van der Waals surface area contributed by atoms with Crippen LogP contribution in [-0.4, -0.2) is 30.3 Å². The largest absolute Gasteiger partial charge is 0.488 e. The summed E-state index contributed by atoms with van der Waals surface area (Å²) in [5.74, 6) is -1.13. The first-order valence-corrected chi connectivity index (χ1v) is 9.59. The van der Waals surface area contributed by atoms with E-state index in [1.807, 2.05) is 32.0 Å². The summed E-state index contributed by atoms with van der Waals surface area (Å²) in [6.07, 6.45) is 0. The van der Waals surface area contributed by atoms with Gasteiger partial charge in [0.2, 0.25) is 0 Å². The molecular weight excluding hydrogens is 394 g/mol. The summed E-state index contributed by atoms with van der Waals surface area (Å²) in [5, 5.41) is 3.14. The Morgan fingerprint density at radius 1 is 1.03 bits per heavy atom. The van der Waals surface area contributed by atoms with E-state index in [0.29, 0.717) is 10.8 Å². The van der Waals surface area contributed by atoms with Gasteiger partial charge in [-0.15, -0.1) is 0 Å². The van der Waals surface area contributed by atoms with Crippen LogP contribution in [0, 0.1) is 5.92 Å². The molecule has 2 aromatic carbocycles. The predicted molar refractivity (Wildman–Crippen MR) is 110 cm³/mol. The first kappa shape index (κ1) is 22.4. The zero-order valence-corrected chi connectivity index (χ0v) is 17.4. The van der Waals surface area contributed by atoms with Crippen LogP contribution in [0.1, 0.15) is 36.7 Å². The first-order chi connectivity index (χ1) is 13.8. The number of halogens is 1. The van der Waals surface area contributed by atoms with Gasteiger partial charge in [-0.1, -0.05) is 55.8 Å². The monoisotopic (exact) mass is 417 g/mol. The van der Waals surface area contributed by atoms with Gasteiger partial charge >= 0.3 is 5.97 Å². The lowest BCUT2D eigenvalue weighted by Crippen LogP contribution is -2.45. The number of amides is 1. The Labute approximate surface area is 175 Å².